The van der Waals surface area contributed by atoms with Gasteiger partial charge in [0.05, 0.1) is 12.3 Å². The normalized spacial score (nSPS) is 14.9. The Labute approximate surface area is 232 Å². The number of rotatable bonds is 6. The number of halogens is 2. The van der Waals surface area contributed by atoms with E-state index in [1.165, 1.54) is 6.07 Å². The smallest absolute Gasteiger partial charge is 0.251 e. The van der Waals surface area contributed by atoms with E-state index in [2.05, 4.69) is 15.6 Å². The molecular weight excluding hydrogens is 513 g/mol. The van der Waals surface area contributed by atoms with E-state index >= 15 is 0 Å². The van der Waals surface area contributed by atoms with Crippen LogP contribution in [0.15, 0.2) is 94.2 Å². The molecule has 3 aromatic carbocycles. The number of hydrogen-bond donors (Lipinski definition) is 3. The molecule has 2 heterocycles. The first-order chi connectivity index (χ1) is 18.7. The lowest BCUT2D eigenvalue weighted by atomic mass is 9.90. The Bertz CT molecular complexity index is 1550. The minimum absolute atomic E-state index is 0.172. The third-order valence-electron chi connectivity index (χ3n) is 6.47. The second kappa shape index (κ2) is 11.0. The number of anilines is 1. The molecule has 0 radical (unpaired) electrons. The Morgan fingerprint density at radius 2 is 1.82 bits per heavy atom. The predicted molar refractivity (Wildman–Crippen MR) is 157 cm³/mol. The Hall–Kier alpha value is -4.07. The van der Waals surface area contributed by atoms with Gasteiger partial charge >= 0.3 is 0 Å². The zero-order chi connectivity index (χ0) is 27.6. The van der Waals surface area contributed by atoms with Crippen LogP contribution in [0, 0.1) is 5.82 Å². The van der Waals surface area contributed by atoms with Gasteiger partial charge in [0.2, 0.25) is 0 Å². The summed E-state index contributed by atoms with van der Waals surface area (Å²) in [5.41, 5.74) is 11.6. The van der Waals surface area contributed by atoms with Crippen LogP contribution in [0.3, 0.4) is 0 Å². The minimum atomic E-state index is -0.481. The molecule has 4 N–H and O–H groups in total. The maximum atomic E-state index is 14.8. The Morgan fingerprint density at radius 3 is 2.56 bits per heavy atom. The van der Waals surface area contributed by atoms with Gasteiger partial charge in [0, 0.05) is 45.7 Å². The standard InChI is InChI=1S/C31H29ClFN5O/c1-31(2,34)18-37-30(39)19-7-10-22(11-8-19)38-28-14-13-23-20(16-35-28)17-36-29(25-5-3-4-6-27(25)33)26-15-21(32)9-12-24(23)26/h3-12,14-16,38H,13,17-18,34H2,1-2H3,(H,37,39). The Morgan fingerprint density at radius 1 is 1.05 bits per heavy atom. The molecule has 39 heavy (non-hydrogen) atoms. The largest absolute Gasteiger partial charge is 0.350 e. The second-order valence-corrected chi connectivity index (χ2v) is 10.7. The summed E-state index contributed by atoms with van der Waals surface area (Å²) in [7, 11) is 0. The Kier molecular flexibility index (Phi) is 7.46. The van der Waals surface area contributed by atoms with Crippen molar-refractivity contribution < 1.29 is 9.18 Å². The molecule has 8 heteroatoms. The summed E-state index contributed by atoms with van der Waals surface area (Å²) in [5, 5.41) is 6.73. The number of nitrogens with one attached hydrogen (secondary N) is 2. The van der Waals surface area contributed by atoms with Gasteiger partial charge in [0.15, 0.2) is 0 Å². The van der Waals surface area contributed by atoms with Crippen LogP contribution in [0.1, 0.15) is 47.3 Å². The zero-order valence-corrected chi connectivity index (χ0v) is 22.5. The summed E-state index contributed by atoms with van der Waals surface area (Å²) < 4.78 is 14.8. The predicted octanol–water partition coefficient (Wildman–Crippen LogP) is 5.98. The summed E-state index contributed by atoms with van der Waals surface area (Å²) in [4.78, 5) is 21.9. The van der Waals surface area contributed by atoms with E-state index in [-0.39, 0.29) is 11.7 Å². The Balaban J connectivity index is 1.36. The van der Waals surface area contributed by atoms with Gasteiger partial charge in [-0.2, -0.15) is 0 Å². The molecular formula is C31H29ClFN5O. The molecule has 0 saturated carbocycles. The first kappa shape index (κ1) is 26.5. The quantitative estimate of drug-likeness (QED) is 0.358. The molecule has 5 rings (SSSR count). The molecule has 198 valence electrons. The lowest BCUT2D eigenvalue weighted by Gasteiger charge is -2.18. The van der Waals surface area contributed by atoms with Crippen molar-refractivity contribution in [2.75, 3.05) is 18.4 Å². The van der Waals surface area contributed by atoms with E-state index in [1.807, 2.05) is 56.5 Å². The average molecular weight is 542 g/mol. The number of carbonyl (C=O) groups excluding carboxylic acids is 1. The van der Waals surface area contributed by atoms with Crippen molar-refractivity contribution in [2.24, 2.45) is 15.7 Å². The summed E-state index contributed by atoms with van der Waals surface area (Å²) in [6, 6.07) is 19.5. The van der Waals surface area contributed by atoms with Crippen molar-refractivity contribution in [1.82, 2.24) is 5.32 Å². The molecule has 0 aliphatic carbocycles. The van der Waals surface area contributed by atoms with Gasteiger partial charge in [0.25, 0.3) is 5.91 Å². The van der Waals surface area contributed by atoms with Gasteiger partial charge in [-0.3, -0.25) is 9.79 Å². The SMILES string of the molecule is CC(C)(N)CNC(=O)c1ccc(NC2=CCC3=C(C=N2)CN=C(c2ccccc2F)c2cc(Cl)ccc23)cc1. The van der Waals surface area contributed by atoms with Gasteiger partial charge < -0.3 is 16.4 Å². The summed E-state index contributed by atoms with van der Waals surface area (Å²) in [6.07, 6.45) is 4.42. The number of carbonyl (C=O) groups is 1. The molecule has 1 amide bonds. The summed E-state index contributed by atoms with van der Waals surface area (Å²) in [5.74, 6) is 0.179. The number of benzene rings is 3. The summed E-state index contributed by atoms with van der Waals surface area (Å²) in [6.45, 7) is 4.46. The number of fused-ring (bicyclic) bond motifs is 2. The van der Waals surface area contributed by atoms with Gasteiger partial charge in [-0.05, 0) is 91.6 Å². The fourth-order valence-corrected chi connectivity index (χ4v) is 4.65. The third-order valence-corrected chi connectivity index (χ3v) is 6.70. The number of allylic oxidation sites excluding steroid dienone is 2. The number of hydrogen-bond acceptors (Lipinski definition) is 5. The molecule has 0 aromatic heterocycles. The maximum Gasteiger partial charge on any atom is 0.251 e. The van der Waals surface area contributed by atoms with Crippen molar-refractivity contribution >= 4 is 40.7 Å². The monoisotopic (exact) mass is 541 g/mol. The highest BCUT2D eigenvalue weighted by Crippen LogP contribution is 2.34. The highest BCUT2D eigenvalue weighted by molar-refractivity contribution is 6.31. The first-order valence-corrected chi connectivity index (χ1v) is 13.1. The number of aliphatic imine (C=N–C) groups is 2. The number of amides is 1. The molecule has 0 spiro atoms. The lowest BCUT2D eigenvalue weighted by Crippen LogP contribution is -2.45. The van der Waals surface area contributed by atoms with Crippen molar-refractivity contribution in [3.05, 3.63) is 117 Å². The van der Waals surface area contributed by atoms with Crippen LogP contribution >= 0.6 is 11.6 Å². The van der Waals surface area contributed by atoms with Crippen LogP contribution < -0.4 is 16.4 Å². The maximum absolute atomic E-state index is 14.8. The summed E-state index contributed by atoms with van der Waals surface area (Å²) >= 11 is 6.37. The zero-order valence-electron chi connectivity index (χ0n) is 21.8. The average Bonchev–Trinajstić information content (AvgIpc) is 3.19. The van der Waals surface area contributed by atoms with Crippen molar-refractivity contribution in [1.29, 1.82) is 0 Å². The van der Waals surface area contributed by atoms with E-state index in [1.54, 1.807) is 30.3 Å². The van der Waals surface area contributed by atoms with E-state index < -0.39 is 5.54 Å². The topological polar surface area (TPSA) is 91.9 Å². The number of nitrogens with two attached hydrogens (primary N) is 1. The van der Waals surface area contributed by atoms with Gasteiger partial charge in [-0.25, -0.2) is 9.38 Å². The van der Waals surface area contributed by atoms with Crippen LogP contribution in [-0.4, -0.2) is 36.5 Å². The van der Waals surface area contributed by atoms with Crippen molar-refractivity contribution in [2.45, 2.75) is 25.8 Å². The molecule has 0 fully saturated rings. The van der Waals surface area contributed by atoms with Gasteiger partial charge in [-0.15, -0.1) is 0 Å². The molecule has 3 aromatic rings. The molecule has 0 saturated heterocycles. The lowest BCUT2D eigenvalue weighted by molar-refractivity contribution is 0.0946. The van der Waals surface area contributed by atoms with Crippen molar-refractivity contribution in [3.63, 3.8) is 0 Å². The van der Waals surface area contributed by atoms with Crippen LogP contribution in [0.25, 0.3) is 5.57 Å². The van der Waals surface area contributed by atoms with Crippen LogP contribution in [0.4, 0.5) is 10.1 Å². The minimum Gasteiger partial charge on any atom is -0.350 e. The highest BCUT2D eigenvalue weighted by Gasteiger charge is 2.23. The van der Waals surface area contributed by atoms with E-state index in [0.29, 0.717) is 47.2 Å². The first-order valence-electron chi connectivity index (χ1n) is 12.7. The van der Waals surface area contributed by atoms with Gasteiger partial charge in [-0.1, -0.05) is 29.8 Å². The second-order valence-electron chi connectivity index (χ2n) is 10.3. The van der Waals surface area contributed by atoms with Crippen LogP contribution in [0.2, 0.25) is 5.02 Å². The fourth-order valence-electron chi connectivity index (χ4n) is 4.48. The number of nitrogens with zero attached hydrogens (tertiary/aromatic N) is 2. The molecule has 2 aliphatic heterocycles. The fraction of sp³-hybridized carbons (Fsp3) is 0.194. The molecule has 0 unspecified atom stereocenters. The van der Waals surface area contributed by atoms with E-state index in [0.717, 1.165) is 28.0 Å². The highest BCUT2D eigenvalue weighted by atomic mass is 35.5. The molecule has 0 atom stereocenters. The van der Waals surface area contributed by atoms with Crippen LogP contribution in [0.5, 0.6) is 0 Å². The van der Waals surface area contributed by atoms with Crippen molar-refractivity contribution in [3.8, 4) is 0 Å². The van der Waals surface area contributed by atoms with E-state index in [4.69, 9.17) is 22.3 Å². The van der Waals surface area contributed by atoms with E-state index in [9.17, 15) is 9.18 Å². The third kappa shape index (κ3) is 6.16. The molecule has 6 nitrogen and oxygen atoms in total. The van der Waals surface area contributed by atoms with Gasteiger partial charge in [0.1, 0.15) is 11.6 Å². The van der Waals surface area contributed by atoms with Crippen LogP contribution in [-0.2, 0) is 0 Å². The molecule has 0 bridgehead atoms. The molecule has 2 aliphatic rings.